The van der Waals surface area contributed by atoms with Crippen LogP contribution in [-0.4, -0.2) is 31.0 Å². The Morgan fingerprint density at radius 3 is 2.51 bits per heavy atom. The van der Waals surface area contributed by atoms with Crippen molar-refractivity contribution in [2.45, 2.75) is 39.0 Å². The van der Waals surface area contributed by atoms with Crippen molar-refractivity contribution in [3.05, 3.63) is 76.6 Å². The predicted molar refractivity (Wildman–Crippen MR) is 143 cm³/mol. The minimum Gasteiger partial charge on any atom is -0.508 e. The van der Waals surface area contributed by atoms with Crippen LogP contribution in [0.5, 0.6) is 23.0 Å². The van der Waals surface area contributed by atoms with Gasteiger partial charge >= 0.3 is 0 Å². The largest absolute Gasteiger partial charge is 0.508 e. The fraction of sp³-hybridized carbons (Fsp3) is 0.250. The van der Waals surface area contributed by atoms with Gasteiger partial charge in [-0.1, -0.05) is 23.9 Å². The number of carbonyl (C=O) groups is 2. The summed E-state index contributed by atoms with van der Waals surface area (Å²) in [6.07, 6.45) is 0.118. The average Bonchev–Trinajstić information content (AvgIpc) is 3.33. The molecule has 0 aliphatic carbocycles. The number of carbonyl (C=O) groups excluding carboxylic acids is 2. The Bertz CT molecular complexity index is 1580. The van der Waals surface area contributed by atoms with Gasteiger partial charge in [0, 0.05) is 13.1 Å². The number of hydrogen-bond acceptors (Lipinski definition) is 7. The molecule has 1 aromatic heterocycles. The Labute approximate surface area is 220 Å². The standard InChI is InChI=1S/C28H27N3O5S/c1-15-11-23(32)16(2)17(3)26(15)36-20-9-10-21-22(13-20)31(4)25(29-21)14-35-19-7-5-18(6-8-19)12-24-27(33)30-28(34)37-24/h5-11,13,24,32H,12,14H2,1-4H3,(H,30,33,34)/i24D. The molecule has 2 amide bonds. The zero-order chi connectivity index (χ0) is 27.2. The summed E-state index contributed by atoms with van der Waals surface area (Å²) in [5.41, 5.74) is 5.00. The first-order valence-corrected chi connectivity index (χ1v) is 12.5. The third kappa shape index (κ3) is 4.99. The maximum absolute atomic E-state index is 11.9. The van der Waals surface area contributed by atoms with E-state index in [0.29, 0.717) is 23.3 Å². The van der Waals surface area contributed by atoms with Crippen LogP contribution >= 0.6 is 11.8 Å². The van der Waals surface area contributed by atoms with Crippen LogP contribution in [0.15, 0.2) is 48.5 Å². The number of aryl methyl sites for hydroxylation is 2. The van der Waals surface area contributed by atoms with Gasteiger partial charge < -0.3 is 19.1 Å². The summed E-state index contributed by atoms with van der Waals surface area (Å²) in [4.78, 5) is 28.1. The highest BCUT2D eigenvalue weighted by atomic mass is 32.2. The zero-order valence-electron chi connectivity index (χ0n) is 21.9. The lowest BCUT2D eigenvalue weighted by molar-refractivity contribution is -0.118. The number of nitrogens with one attached hydrogen (secondary N) is 1. The summed E-state index contributed by atoms with van der Waals surface area (Å²) < 4.78 is 22.4. The van der Waals surface area contributed by atoms with Crippen LogP contribution in [0.25, 0.3) is 11.0 Å². The van der Waals surface area contributed by atoms with E-state index in [1.165, 1.54) is 0 Å². The molecule has 0 spiro atoms. The van der Waals surface area contributed by atoms with Crippen LogP contribution in [-0.2, 0) is 24.9 Å². The van der Waals surface area contributed by atoms with Crippen molar-refractivity contribution in [3.63, 3.8) is 0 Å². The van der Waals surface area contributed by atoms with Crippen molar-refractivity contribution in [2.24, 2.45) is 7.05 Å². The van der Waals surface area contributed by atoms with E-state index >= 15 is 0 Å². The third-order valence-electron chi connectivity index (χ3n) is 6.50. The second-order valence-electron chi connectivity index (χ2n) is 9.01. The quantitative estimate of drug-likeness (QED) is 0.334. The van der Waals surface area contributed by atoms with Crippen molar-refractivity contribution in [1.82, 2.24) is 14.9 Å². The van der Waals surface area contributed by atoms with Crippen molar-refractivity contribution in [3.8, 4) is 23.0 Å². The van der Waals surface area contributed by atoms with Gasteiger partial charge in [0.25, 0.3) is 5.24 Å². The van der Waals surface area contributed by atoms with Gasteiger partial charge in [0.05, 0.1) is 17.6 Å². The number of rotatable bonds is 7. The van der Waals surface area contributed by atoms with Gasteiger partial charge in [-0.15, -0.1) is 0 Å². The summed E-state index contributed by atoms with van der Waals surface area (Å²) in [6.45, 7) is 5.94. The summed E-state index contributed by atoms with van der Waals surface area (Å²) in [5, 5.41) is 10.2. The number of aromatic hydroxyl groups is 1. The van der Waals surface area contributed by atoms with E-state index < -0.39 is 16.4 Å². The Morgan fingerprint density at radius 1 is 1.08 bits per heavy atom. The van der Waals surface area contributed by atoms with Crippen LogP contribution < -0.4 is 14.8 Å². The van der Waals surface area contributed by atoms with E-state index in [9.17, 15) is 14.7 Å². The molecule has 190 valence electrons. The highest BCUT2D eigenvalue weighted by Gasteiger charge is 2.31. The number of hydrogen-bond donors (Lipinski definition) is 2. The van der Waals surface area contributed by atoms with Gasteiger partial charge in [-0.2, -0.15) is 0 Å². The summed E-state index contributed by atoms with van der Waals surface area (Å²) in [7, 11) is 1.92. The molecule has 1 aliphatic heterocycles. The van der Waals surface area contributed by atoms with Crippen molar-refractivity contribution < 1.29 is 25.5 Å². The number of nitrogens with zero attached hydrogens (tertiary/aromatic N) is 2. The molecule has 0 bridgehead atoms. The molecule has 1 aliphatic rings. The lowest BCUT2D eigenvalue weighted by atomic mass is 10.0. The maximum atomic E-state index is 11.9. The van der Waals surface area contributed by atoms with E-state index in [1.54, 1.807) is 30.3 Å². The van der Waals surface area contributed by atoms with Crippen molar-refractivity contribution in [2.75, 3.05) is 0 Å². The summed E-state index contributed by atoms with van der Waals surface area (Å²) >= 11 is 0.696. The SMILES string of the molecule is [2H]C1(Cc2ccc(OCc3nc4ccc(Oc5c(C)cc(O)c(C)c5C)cc4n3C)cc2)SC(=O)NC1=O. The number of imide groups is 1. The second kappa shape index (κ2) is 9.82. The summed E-state index contributed by atoms with van der Waals surface area (Å²) in [6, 6.07) is 14.5. The maximum Gasteiger partial charge on any atom is 0.286 e. The van der Waals surface area contributed by atoms with E-state index in [1.807, 2.05) is 50.6 Å². The molecule has 9 heteroatoms. The number of phenols is 1. The fourth-order valence-corrected chi connectivity index (χ4v) is 4.97. The number of amides is 2. The van der Waals surface area contributed by atoms with Gasteiger partial charge in [0.15, 0.2) is 0 Å². The van der Waals surface area contributed by atoms with Crippen molar-refractivity contribution in [1.29, 1.82) is 0 Å². The number of thioether (sulfide) groups is 1. The van der Waals surface area contributed by atoms with Crippen LogP contribution in [0.2, 0.25) is 0 Å². The topological polar surface area (TPSA) is 103 Å². The molecular formula is C28H27N3O5S. The number of phenolic OH excluding ortho intramolecular Hbond substituents is 1. The third-order valence-corrected chi connectivity index (χ3v) is 7.37. The minimum absolute atomic E-state index is 0.118. The molecule has 1 atom stereocenters. The van der Waals surface area contributed by atoms with Crippen LogP contribution in [0.3, 0.4) is 0 Å². The molecule has 2 N–H and O–H groups in total. The predicted octanol–water partition coefficient (Wildman–Crippen LogP) is 5.47. The molecule has 2 heterocycles. The number of benzene rings is 3. The number of fused-ring (bicyclic) bond motifs is 1. The fourth-order valence-electron chi connectivity index (χ4n) is 4.22. The monoisotopic (exact) mass is 518 g/mol. The van der Waals surface area contributed by atoms with Gasteiger partial charge in [0.1, 0.15) is 35.4 Å². The second-order valence-corrected chi connectivity index (χ2v) is 10.1. The van der Waals surface area contributed by atoms with Gasteiger partial charge in [-0.3, -0.25) is 14.9 Å². The molecule has 8 nitrogen and oxygen atoms in total. The molecule has 0 radical (unpaired) electrons. The molecule has 1 unspecified atom stereocenters. The van der Waals surface area contributed by atoms with E-state index in [0.717, 1.165) is 44.9 Å². The Morgan fingerprint density at radius 2 is 1.81 bits per heavy atom. The lowest BCUT2D eigenvalue weighted by Crippen LogP contribution is -2.25. The van der Waals surface area contributed by atoms with E-state index in [2.05, 4.69) is 5.32 Å². The van der Waals surface area contributed by atoms with Crippen LogP contribution in [0.4, 0.5) is 4.79 Å². The number of aromatic nitrogens is 2. The van der Waals surface area contributed by atoms with E-state index in [-0.39, 0.29) is 18.8 Å². The molecule has 4 aromatic rings. The Balaban J connectivity index is 1.28. The van der Waals surface area contributed by atoms with Crippen LogP contribution in [0.1, 0.15) is 29.4 Å². The molecule has 37 heavy (non-hydrogen) atoms. The first-order chi connectivity index (χ1) is 18.0. The highest BCUT2D eigenvalue weighted by molar-refractivity contribution is 8.15. The highest BCUT2D eigenvalue weighted by Crippen LogP contribution is 2.36. The van der Waals surface area contributed by atoms with Gasteiger partial charge in [-0.25, -0.2) is 4.98 Å². The first-order valence-electron chi connectivity index (χ1n) is 12.2. The Kier molecular flexibility index (Phi) is 6.21. The zero-order valence-corrected chi connectivity index (χ0v) is 21.7. The van der Waals surface area contributed by atoms with Gasteiger partial charge in [-0.05, 0) is 79.8 Å². The molecule has 3 aromatic carbocycles. The van der Waals surface area contributed by atoms with Gasteiger partial charge in [0.2, 0.25) is 5.91 Å². The van der Waals surface area contributed by atoms with Crippen LogP contribution in [0, 0.1) is 20.8 Å². The number of ether oxygens (including phenoxy) is 2. The van der Waals surface area contributed by atoms with Crippen molar-refractivity contribution >= 4 is 33.9 Å². The lowest BCUT2D eigenvalue weighted by Gasteiger charge is -2.15. The van der Waals surface area contributed by atoms with E-state index in [4.69, 9.17) is 15.8 Å². The number of imidazole rings is 1. The Hall–Kier alpha value is -3.98. The summed E-state index contributed by atoms with van der Waals surface area (Å²) in [5.74, 6) is 2.41. The average molecular weight is 519 g/mol. The molecular weight excluding hydrogens is 490 g/mol. The molecule has 0 saturated carbocycles. The first kappa shape index (κ1) is 23.4. The molecule has 1 saturated heterocycles. The smallest absolute Gasteiger partial charge is 0.286 e. The molecule has 5 rings (SSSR count). The minimum atomic E-state index is -1.55. The normalized spacial score (nSPS) is 17.7. The molecule has 1 fully saturated rings.